The van der Waals surface area contributed by atoms with Gasteiger partial charge in [0.05, 0.1) is 6.54 Å². The highest BCUT2D eigenvalue weighted by atomic mass is 79.9. The van der Waals surface area contributed by atoms with Gasteiger partial charge >= 0.3 is 12.2 Å². The van der Waals surface area contributed by atoms with Gasteiger partial charge in [0.15, 0.2) is 0 Å². The van der Waals surface area contributed by atoms with Crippen LogP contribution < -0.4 is 5.32 Å². The molecule has 7 nitrogen and oxygen atoms in total. The van der Waals surface area contributed by atoms with E-state index in [9.17, 15) is 9.59 Å². The Kier molecular flexibility index (Phi) is 6.82. The van der Waals surface area contributed by atoms with E-state index >= 15 is 0 Å². The van der Waals surface area contributed by atoms with Crippen LogP contribution in [0.3, 0.4) is 0 Å². The van der Waals surface area contributed by atoms with Crippen LogP contribution in [0, 0.1) is 0 Å². The summed E-state index contributed by atoms with van der Waals surface area (Å²) in [7, 11) is 1.62. The second-order valence-electron chi connectivity index (χ2n) is 7.62. The van der Waals surface area contributed by atoms with Crippen molar-refractivity contribution in [1.82, 2.24) is 9.88 Å². The van der Waals surface area contributed by atoms with E-state index in [1.165, 1.54) is 4.90 Å². The molecule has 140 valence electrons. The van der Waals surface area contributed by atoms with Crippen LogP contribution in [0.25, 0.3) is 0 Å². The first-order chi connectivity index (χ1) is 11.3. The van der Waals surface area contributed by atoms with E-state index in [0.717, 1.165) is 4.47 Å². The number of ether oxygens (including phenoxy) is 2. The SMILES string of the molecule is CN(Cc1cc(Br)cnc1NC(=O)OC(C)(C)C)C(=O)OC(C)(C)C. The summed E-state index contributed by atoms with van der Waals surface area (Å²) in [4.78, 5) is 29.7. The second-order valence-corrected chi connectivity index (χ2v) is 8.54. The van der Waals surface area contributed by atoms with Crippen molar-refractivity contribution in [2.24, 2.45) is 0 Å². The minimum Gasteiger partial charge on any atom is -0.444 e. The minimum absolute atomic E-state index is 0.215. The van der Waals surface area contributed by atoms with E-state index in [-0.39, 0.29) is 6.54 Å². The van der Waals surface area contributed by atoms with Gasteiger partial charge in [-0.1, -0.05) is 0 Å². The molecule has 8 heteroatoms. The zero-order valence-corrected chi connectivity index (χ0v) is 17.4. The van der Waals surface area contributed by atoms with Crippen molar-refractivity contribution in [3.8, 4) is 0 Å². The number of halogens is 1. The summed E-state index contributed by atoms with van der Waals surface area (Å²) in [6, 6.07) is 1.78. The lowest BCUT2D eigenvalue weighted by atomic mass is 10.2. The summed E-state index contributed by atoms with van der Waals surface area (Å²) in [6.45, 7) is 10.9. The monoisotopic (exact) mass is 415 g/mol. The maximum Gasteiger partial charge on any atom is 0.413 e. The summed E-state index contributed by atoms with van der Waals surface area (Å²) >= 11 is 3.35. The molecule has 1 aromatic heterocycles. The van der Waals surface area contributed by atoms with Crippen molar-refractivity contribution in [2.45, 2.75) is 59.3 Å². The number of aromatic nitrogens is 1. The molecule has 0 saturated carbocycles. The molecule has 0 aromatic carbocycles. The topological polar surface area (TPSA) is 80.8 Å². The van der Waals surface area contributed by atoms with Crippen molar-refractivity contribution >= 4 is 33.9 Å². The molecule has 25 heavy (non-hydrogen) atoms. The van der Waals surface area contributed by atoms with Gasteiger partial charge in [-0.15, -0.1) is 0 Å². The molecule has 1 rings (SSSR count). The number of rotatable bonds is 3. The molecule has 0 unspecified atom stereocenters. The number of pyridine rings is 1. The van der Waals surface area contributed by atoms with Gasteiger partial charge in [0.25, 0.3) is 0 Å². The fraction of sp³-hybridized carbons (Fsp3) is 0.588. The van der Waals surface area contributed by atoms with Gasteiger partial charge in [0.2, 0.25) is 0 Å². The Labute approximate surface area is 157 Å². The van der Waals surface area contributed by atoms with E-state index in [1.54, 1.807) is 60.9 Å². The van der Waals surface area contributed by atoms with Crippen molar-refractivity contribution in [3.05, 3.63) is 22.3 Å². The first kappa shape index (κ1) is 21.2. The van der Waals surface area contributed by atoms with Crippen molar-refractivity contribution < 1.29 is 19.1 Å². The number of nitrogens with one attached hydrogen (secondary N) is 1. The molecule has 2 amide bonds. The quantitative estimate of drug-likeness (QED) is 0.782. The molecule has 0 fully saturated rings. The molecule has 1 aromatic rings. The maximum atomic E-state index is 12.1. The zero-order chi connectivity index (χ0) is 19.4. The lowest BCUT2D eigenvalue weighted by Crippen LogP contribution is -2.34. The van der Waals surface area contributed by atoms with Gasteiger partial charge in [-0.05, 0) is 63.5 Å². The number of hydrogen-bond donors (Lipinski definition) is 1. The largest absolute Gasteiger partial charge is 0.444 e. The number of amides is 2. The number of nitrogens with zero attached hydrogens (tertiary/aromatic N) is 2. The summed E-state index contributed by atoms with van der Waals surface area (Å²) in [5.74, 6) is 0.327. The van der Waals surface area contributed by atoms with Crippen LogP contribution in [0.4, 0.5) is 15.4 Å². The summed E-state index contributed by atoms with van der Waals surface area (Å²) in [5, 5.41) is 2.61. The Hall–Kier alpha value is -1.83. The summed E-state index contributed by atoms with van der Waals surface area (Å²) < 4.78 is 11.3. The molecule has 1 N–H and O–H groups in total. The third-order valence-corrected chi connectivity index (χ3v) is 3.10. The highest BCUT2D eigenvalue weighted by Crippen LogP contribution is 2.21. The molecule has 0 aliphatic rings. The summed E-state index contributed by atoms with van der Waals surface area (Å²) in [5.41, 5.74) is -0.556. The Morgan fingerprint density at radius 1 is 1.16 bits per heavy atom. The summed E-state index contributed by atoms with van der Waals surface area (Å²) in [6.07, 6.45) is 0.489. The van der Waals surface area contributed by atoms with Crippen LogP contribution >= 0.6 is 15.9 Å². The average molecular weight is 416 g/mol. The normalized spacial score (nSPS) is 11.7. The standard InChI is InChI=1S/C17H26BrN3O4/c1-16(2,3)24-14(22)20-13-11(8-12(18)9-19-13)10-21(7)15(23)25-17(4,5)6/h8-9H,10H2,1-7H3,(H,19,20,22). The van der Waals surface area contributed by atoms with Crippen LogP contribution in [0.5, 0.6) is 0 Å². The van der Waals surface area contributed by atoms with Crippen LogP contribution in [0.2, 0.25) is 0 Å². The molecule has 0 radical (unpaired) electrons. The van der Waals surface area contributed by atoms with Gasteiger partial charge in [-0.25, -0.2) is 14.6 Å². The molecular weight excluding hydrogens is 390 g/mol. The third-order valence-electron chi connectivity index (χ3n) is 2.67. The predicted octanol–water partition coefficient (Wildman–Crippen LogP) is 4.56. The average Bonchev–Trinajstić information content (AvgIpc) is 2.37. The zero-order valence-electron chi connectivity index (χ0n) is 15.8. The lowest BCUT2D eigenvalue weighted by Gasteiger charge is -2.25. The second kappa shape index (κ2) is 8.03. The highest BCUT2D eigenvalue weighted by molar-refractivity contribution is 9.10. The van der Waals surface area contributed by atoms with Gasteiger partial charge in [0.1, 0.15) is 17.0 Å². The molecule has 0 spiro atoms. The van der Waals surface area contributed by atoms with Gasteiger partial charge in [0, 0.05) is 23.3 Å². The lowest BCUT2D eigenvalue weighted by molar-refractivity contribution is 0.0285. The highest BCUT2D eigenvalue weighted by Gasteiger charge is 2.22. The number of hydrogen-bond acceptors (Lipinski definition) is 5. The Bertz CT molecular complexity index is 636. The van der Waals surface area contributed by atoms with Crippen molar-refractivity contribution in [3.63, 3.8) is 0 Å². The third kappa shape index (κ3) is 8.20. The van der Waals surface area contributed by atoms with Crippen molar-refractivity contribution in [2.75, 3.05) is 12.4 Å². The molecular formula is C17H26BrN3O4. The molecule has 0 aliphatic heterocycles. The number of carbonyl (C=O) groups excluding carboxylic acids is 2. The number of anilines is 1. The molecule has 1 heterocycles. The molecule has 0 aliphatic carbocycles. The Morgan fingerprint density at radius 3 is 2.24 bits per heavy atom. The number of carbonyl (C=O) groups is 2. The van der Waals surface area contributed by atoms with Gasteiger partial charge < -0.3 is 14.4 Å². The Balaban J connectivity index is 2.90. The van der Waals surface area contributed by atoms with Crippen LogP contribution in [-0.4, -0.2) is 40.3 Å². The van der Waals surface area contributed by atoms with E-state index in [0.29, 0.717) is 11.4 Å². The van der Waals surface area contributed by atoms with Gasteiger partial charge in [-0.2, -0.15) is 0 Å². The van der Waals surface area contributed by atoms with Crippen molar-refractivity contribution in [1.29, 1.82) is 0 Å². The van der Waals surface area contributed by atoms with Crippen LogP contribution in [-0.2, 0) is 16.0 Å². The Morgan fingerprint density at radius 2 is 1.72 bits per heavy atom. The molecule has 0 atom stereocenters. The van der Waals surface area contributed by atoms with Crippen LogP contribution in [0.15, 0.2) is 16.7 Å². The predicted molar refractivity (Wildman–Crippen MR) is 99.5 cm³/mol. The minimum atomic E-state index is -0.618. The fourth-order valence-corrected chi connectivity index (χ4v) is 2.15. The first-order valence-corrected chi connectivity index (χ1v) is 8.65. The van der Waals surface area contributed by atoms with E-state index in [2.05, 4.69) is 26.2 Å². The molecule has 0 bridgehead atoms. The van der Waals surface area contributed by atoms with Gasteiger partial charge in [-0.3, -0.25) is 5.32 Å². The fourth-order valence-electron chi connectivity index (χ4n) is 1.77. The smallest absolute Gasteiger partial charge is 0.413 e. The van der Waals surface area contributed by atoms with E-state index in [4.69, 9.17) is 9.47 Å². The van der Waals surface area contributed by atoms with E-state index < -0.39 is 23.4 Å². The van der Waals surface area contributed by atoms with E-state index in [1.807, 2.05) is 0 Å². The maximum absolute atomic E-state index is 12.1. The molecule has 0 saturated heterocycles. The first-order valence-electron chi connectivity index (χ1n) is 7.85. The van der Waals surface area contributed by atoms with Crippen LogP contribution in [0.1, 0.15) is 47.1 Å².